The third kappa shape index (κ3) is 20.5. The van der Waals surface area contributed by atoms with Crippen LogP contribution in [0.3, 0.4) is 0 Å². The van der Waals surface area contributed by atoms with Gasteiger partial charge in [0.05, 0.1) is 12.8 Å². The van der Waals surface area contributed by atoms with Gasteiger partial charge in [-0.05, 0) is 121 Å². The van der Waals surface area contributed by atoms with Crippen LogP contribution < -0.4 is 16.7 Å². The average molecular weight is 1090 g/mol. The Bertz CT molecular complexity index is 3510. The Labute approximate surface area is 465 Å². The number of nitrogens with one attached hydrogen (secondary N) is 6. The number of benzene rings is 6. The molecule has 0 saturated heterocycles. The zero-order valence-electron chi connectivity index (χ0n) is 42.4. The lowest BCUT2D eigenvalue weighted by molar-refractivity contribution is -0.143. The number of carboxylic acid groups (broad SMARTS) is 1. The summed E-state index contributed by atoms with van der Waals surface area (Å²) in [5, 5.41) is 17.1. The number of fused-ring (bicyclic) bond motifs is 4. The van der Waals surface area contributed by atoms with Gasteiger partial charge in [0.25, 0.3) is 0 Å². The van der Waals surface area contributed by atoms with Crippen LogP contribution in [0.1, 0.15) is 93.1 Å². The number of hydrazone groups is 1. The molecule has 0 bridgehead atoms. The lowest BCUT2D eigenvalue weighted by Crippen LogP contribution is -2.30. The number of nitrogens with two attached hydrogens (primary N) is 1. The number of carbonyl (C=O) groups excluding carboxylic acids is 4. The predicted molar refractivity (Wildman–Crippen MR) is 317 cm³/mol. The van der Waals surface area contributed by atoms with Crippen LogP contribution in [0.5, 0.6) is 0 Å². The zero-order valence-corrected chi connectivity index (χ0v) is 42.4. The van der Waals surface area contributed by atoms with Gasteiger partial charge < -0.3 is 29.8 Å². The number of hydrogen-bond acceptors (Lipinski definition) is 8. The first-order valence-electron chi connectivity index (χ1n) is 24.8. The number of para-hydroxylation sites is 4. The first kappa shape index (κ1) is 64.8. The van der Waals surface area contributed by atoms with Crippen molar-refractivity contribution in [2.75, 3.05) is 6.61 Å². The molecule has 9 N–H and O–H groups in total. The van der Waals surface area contributed by atoms with Crippen molar-refractivity contribution in [3.05, 3.63) is 215 Å². The number of aromatic nitrogens is 4. The van der Waals surface area contributed by atoms with Crippen LogP contribution in [0, 0.1) is 11.6 Å². The third-order valence-corrected chi connectivity index (χ3v) is 11.9. The van der Waals surface area contributed by atoms with Crippen molar-refractivity contribution in [2.24, 2.45) is 10.9 Å². The van der Waals surface area contributed by atoms with Crippen LogP contribution in [0.4, 0.5) is 8.78 Å². The summed E-state index contributed by atoms with van der Waals surface area (Å²) in [6, 6.07) is 43.3. The van der Waals surface area contributed by atoms with Crippen molar-refractivity contribution >= 4 is 79.9 Å². The van der Waals surface area contributed by atoms with Crippen molar-refractivity contribution < 1.29 is 42.6 Å². The van der Waals surface area contributed by atoms with Gasteiger partial charge in [-0.1, -0.05) is 107 Å². The number of aromatic amines is 4. The first-order valence-corrected chi connectivity index (χ1v) is 24.8. The highest BCUT2D eigenvalue weighted by molar-refractivity contribution is 5.87. The number of hydrogen-bond donors (Lipinski definition) is 8. The lowest BCUT2D eigenvalue weighted by atomic mass is 10.1. The van der Waals surface area contributed by atoms with Gasteiger partial charge in [-0.2, -0.15) is 5.10 Å². The van der Waals surface area contributed by atoms with Crippen molar-refractivity contribution in [1.82, 2.24) is 30.8 Å². The Morgan fingerprint density at radius 3 is 1.24 bits per heavy atom. The Balaban J connectivity index is 0.000000267. The second kappa shape index (κ2) is 34.3. The van der Waals surface area contributed by atoms with Gasteiger partial charge in [0.2, 0.25) is 11.8 Å². The molecule has 0 unspecified atom stereocenters. The summed E-state index contributed by atoms with van der Waals surface area (Å²) in [6.07, 6.45) is 13.9. The molecular weight excluding hydrogens is 1020 g/mol. The van der Waals surface area contributed by atoms with Crippen LogP contribution in [-0.2, 0) is 49.6 Å². The first-order chi connectivity index (χ1) is 37.4. The Hall–Kier alpha value is -9.48. The summed E-state index contributed by atoms with van der Waals surface area (Å²) in [5.41, 5.74) is 14.7. The number of ether oxygens (including phenoxy) is 1. The number of hydrazine groups is 1. The number of amides is 2. The smallest absolute Gasteiger partial charge is 0.306 e. The fourth-order valence-electron chi connectivity index (χ4n) is 7.96. The molecule has 17 heteroatoms. The van der Waals surface area contributed by atoms with Crippen LogP contribution in [0.15, 0.2) is 175 Å². The summed E-state index contributed by atoms with van der Waals surface area (Å²) >= 11 is 0. The van der Waals surface area contributed by atoms with E-state index < -0.39 is 5.97 Å². The van der Waals surface area contributed by atoms with E-state index >= 15 is 0 Å². The number of carbonyl (C=O) groups is 5. The van der Waals surface area contributed by atoms with Crippen LogP contribution in [0.2, 0.25) is 0 Å². The van der Waals surface area contributed by atoms with E-state index in [-0.39, 0.29) is 58.1 Å². The van der Waals surface area contributed by atoms with Gasteiger partial charge in [0, 0.05) is 99.6 Å². The van der Waals surface area contributed by atoms with Crippen LogP contribution >= 0.6 is 0 Å². The van der Waals surface area contributed by atoms with E-state index in [1.54, 1.807) is 12.1 Å². The minimum atomic E-state index is -0.754. The SMILES string of the molecule is C.C.C.CCOC(=O)CCc1c[nH]c2ccccc12.NNC(=O)CCc1c[nH]c2ccccc12.O=C(CCc1c[nH]c2ccccc12)N/N=C/c1ccc(F)cc1.O=C(O)CCc1c[nH]c2ccccc12.O=Cc1ccc(F)cc1. The molecular formula is C63H72F2N8O7. The number of rotatable bonds is 16. The largest absolute Gasteiger partial charge is 0.481 e. The molecule has 2 amide bonds. The van der Waals surface area contributed by atoms with Gasteiger partial charge in [-0.25, -0.2) is 20.0 Å². The number of nitrogens with zero attached hydrogens (tertiary/aromatic N) is 1. The molecule has 10 rings (SSSR count). The summed E-state index contributed by atoms with van der Waals surface area (Å²) < 4.78 is 29.8. The Morgan fingerprint density at radius 2 is 0.875 bits per heavy atom. The van der Waals surface area contributed by atoms with E-state index in [4.69, 9.17) is 15.7 Å². The van der Waals surface area contributed by atoms with E-state index in [1.165, 1.54) is 58.9 Å². The summed E-state index contributed by atoms with van der Waals surface area (Å²) in [7, 11) is 0. The molecule has 4 aromatic heterocycles. The molecule has 0 atom stereocenters. The Kier molecular flexibility index (Phi) is 27.8. The molecule has 0 saturated carbocycles. The summed E-state index contributed by atoms with van der Waals surface area (Å²) in [6.45, 7) is 2.27. The number of aliphatic carboxylic acids is 1. The van der Waals surface area contributed by atoms with Crippen molar-refractivity contribution in [3.63, 3.8) is 0 Å². The van der Waals surface area contributed by atoms with Crippen LogP contribution in [-0.4, -0.2) is 67.9 Å². The molecule has 6 aromatic carbocycles. The summed E-state index contributed by atoms with van der Waals surface area (Å²) in [5.74, 6) is 3.21. The van der Waals surface area contributed by atoms with Crippen molar-refractivity contribution in [2.45, 2.75) is 80.6 Å². The molecule has 15 nitrogen and oxygen atoms in total. The van der Waals surface area contributed by atoms with Gasteiger partial charge in [-0.3, -0.25) is 29.4 Å². The number of halogens is 2. The fraction of sp³-hybridized carbons (Fsp3) is 0.206. The number of aldehydes is 1. The van der Waals surface area contributed by atoms with Gasteiger partial charge in [-0.15, -0.1) is 0 Å². The average Bonchev–Trinajstić information content (AvgIpc) is 4.31. The monoisotopic (exact) mass is 1090 g/mol. The molecule has 420 valence electrons. The van der Waals surface area contributed by atoms with Crippen molar-refractivity contribution in [3.8, 4) is 0 Å². The molecule has 10 aromatic rings. The van der Waals surface area contributed by atoms with Gasteiger partial charge >= 0.3 is 11.9 Å². The number of H-pyrrole nitrogens is 4. The molecule has 4 heterocycles. The van der Waals surface area contributed by atoms with Gasteiger partial charge in [0.15, 0.2) is 0 Å². The molecule has 0 fully saturated rings. The maximum Gasteiger partial charge on any atom is 0.306 e. The van der Waals surface area contributed by atoms with Crippen molar-refractivity contribution in [1.29, 1.82) is 0 Å². The quantitative estimate of drug-likeness (QED) is 0.0115. The minimum Gasteiger partial charge on any atom is -0.481 e. The van der Waals surface area contributed by atoms with E-state index in [9.17, 15) is 32.8 Å². The van der Waals surface area contributed by atoms with E-state index in [0.717, 1.165) is 61.5 Å². The standard InChI is InChI=1S/C18H16FN3O.C13H15NO2.C11H13N3O.C11H11NO2.C7H5FO.3CH4/c19-15-8-5-13(6-9-15)11-21-22-18(23)10-7-14-12-20-17-4-2-1-3-16(14)17;1-2-16-13(15)8-7-10-9-14-12-6-4-3-5-11(10)12;12-14-11(15)6-5-8-7-13-10-4-2-1-3-9(8)10;13-11(14)6-5-8-7-12-10-4-2-1-3-9(8)10;8-7-3-1-6(5-9)2-4-7;;;/h1-6,8-9,11-12,20H,7,10H2,(H,22,23);3-6,9,14H,2,7-8H2,1H3;1-4,7,13H,5-6,12H2,(H,14,15);1-4,7,12H,5-6H2,(H,13,14);1-5H;3*1H4/b21-11+;;;;;;;. The molecule has 80 heavy (non-hydrogen) atoms. The second-order valence-electron chi connectivity index (χ2n) is 17.2. The number of carboxylic acids is 1. The summed E-state index contributed by atoms with van der Waals surface area (Å²) in [4.78, 5) is 67.1. The molecule has 0 spiro atoms. The van der Waals surface area contributed by atoms with E-state index in [1.807, 2.05) is 123 Å². The highest BCUT2D eigenvalue weighted by Gasteiger charge is 2.09. The fourth-order valence-corrected chi connectivity index (χ4v) is 7.96. The van der Waals surface area contributed by atoms with Gasteiger partial charge in [0.1, 0.15) is 17.9 Å². The topological polar surface area (TPSA) is 240 Å². The van der Waals surface area contributed by atoms with E-state index in [2.05, 4.69) is 42.0 Å². The molecule has 0 aliphatic carbocycles. The maximum absolute atomic E-state index is 12.8. The molecule has 0 aliphatic rings. The van der Waals surface area contributed by atoms with Crippen LogP contribution in [0.25, 0.3) is 43.6 Å². The predicted octanol–water partition coefficient (Wildman–Crippen LogP) is 12.9. The van der Waals surface area contributed by atoms with E-state index in [0.29, 0.717) is 57.0 Å². The minimum absolute atomic E-state index is 0. The third-order valence-electron chi connectivity index (χ3n) is 11.9. The lowest BCUT2D eigenvalue weighted by Gasteiger charge is -2.00. The molecule has 0 radical (unpaired) electrons. The maximum atomic E-state index is 12.8. The highest BCUT2D eigenvalue weighted by atomic mass is 19.1. The number of aryl methyl sites for hydroxylation is 4. The normalized spacial score (nSPS) is 10.2. The zero-order chi connectivity index (χ0) is 54.8. The second-order valence-corrected chi connectivity index (χ2v) is 17.2. The number of esters is 1. The molecule has 0 aliphatic heterocycles. The Morgan fingerprint density at radius 1 is 0.525 bits per heavy atom. The highest BCUT2D eigenvalue weighted by Crippen LogP contribution is 2.22.